The fourth-order valence-electron chi connectivity index (χ4n) is 1.41. The minimum atomic E-state index is -0.183. The lowest BCUT2D eigenvalue weighted by Gasteiger charge is -2.22. The van der Waals surface area contributed by atoms with Gasteiger partial charge in [0.25, 0.3) is 0 Å². The minimum absolute atomic E-state index is 0.183. The number of hydrogen-bond donors (Lipinski definition) is 1. The Morgan fingerprint density at radius 2 is 2.14 bits per heavy atom. The SMILES string of the molecule is CN(C)C(CN)Cc1cccc(F)c1. The zero-order chi connectivity index (χ0) is 10.6. The standard InChI is InChI=1S/C11H17FN2/c1-14(2)11(8-13)7-9-4-3-5-10(12)6-9/h3-6,11H,7-8,13H2,1-2H3. The molecule has 0 aliphatic heterocycles. The molecule has 78 valence electrons. The van der Waals surface area contributed by atoms with E-state index in [9.17, 15) is 4.39 Å². The minimum Gasteiger partial charge on any atom is -0.329 e. The van der Waals surface area contributed by atoms with Crippen LogP contribution in [-0.2, 0) is 6.42 Å². The van der Waals surface area contributed by atoms with Crippen molar-refractivity contribution >= 4 is 0 Å². The molecule has 0 spiro atoms. The van der Waals surface area contributed by atoms with Crippen molar-refractivity contribution in [1.82, 2.24) is 4.90 Å². The van der Waals surface area contributed by atoms with Gasteiger partial charge in [0, 0.05) is 12.6 Å². The summed E-state index contributed by atoms with van der Waals surface area (Å²) in [5.41, 5.74) is 6.62. The van der Waals surface area contributed by atoms with E-state index < -0.39 is 0 Å². The van der Waals surface area contributed by atoms with Crippen LogP contribution in [0.2, 0.25) is 0 Å². The van der Waals surface area contributed by atoms with Crippen molar-refractivity contribution in [2.75, 3.05) is 20.6 Å². The van der Waals surface area contributed by atoms with E-state index in [0.29, 0.717) is 6.54 Å². The van der Waals surface area contributed by atoms with Gasteiger partial charge < -0.3 is 10.6 Å². The van der Waals surface area contributed by atoms with Crippen LogP contribution in [0.25, 0.3) is 0 Å². The van der Waals surface area contributed by atoms with Crippen molar-refractivity contribution in [3.63, 3.8) is 0 Å². The van der Waals surface area contributed by atoms with Gasteiger partial charge in [-0.2, -0.15) is 0 Å². The summed E-state index contributed by atoms with van der Waals surface area (Å²) in [5.74, 6) is -0.183. The normalized spacial score (nSPS) is 13.2. The average molecular weight is 196 g/mol. The number of benzene rings is 1. The van der Waals surface area contributed by atoms with Crippen molar-refractivity contribution < 1.29 is 4.39 Å². The van der Waals surface area contributed by atoms with Gasteiger partial charge in [0.15, 0.2) is 0 Å². The van der Waals surface area contributed by atoms with E-state index in [4.69, 9.17) is 5.73 Å². The first kappa shape index (κ1) is 11.1. The summed E-state index contributed by atoms with van der Waals surface area (Å²) in [7, 11) is 3.97. The molecule has 0 heterocycles. The topological polar surface area (TPSA) is 29.3 Å². The first-order valence-electron chi connectivity index (χ1n) is 4.74. The molecule has 0 saturated carbocycles. The van der Waals surface area contributed by atoms with E-state index in [1.807, 2.05) is 20.2 Å². The third kappa shape index (κ3) is 3.09. The molecule has 0 aromatic heterocycles. The molecule has 0 radical (unpaired) electrons. The van der Waals surface area contributed by atoms with Gasteiger partial charge in [-0.15, -0.1) is 0 Å². The molecule has 0 amide bonds. The molecule has 3 heteroatoms. The van der Waals surface area contributed by atoms with Crippen LogP contribution >= 0.6 is 0 Å². The van der Waals surface area contributed by atoms with E-state index in [1.54, 1.807) is 12.1 Å². The maximum atomic E-state index is 12.9. The Morgan fingerprint density at radius 3 is 2.64 bits per heavy atom. The maximum absolute atomic E-state index is 12.9. The van der Waals surface area contributed by atoms with Crippen LogP contribution in [0.15, 0.2) is 24.3 Å². The van der Waals surface area contributed by atoms with E-state index in [-0.39, 0.29) is 11.9 Å². The predicted molar refractivity (Wildman–Crippen MR) is 56.6 cm³/mol. The Balaban J connectivity index is 2.67. The third-order valence-electron chi connectivity index (χ3n) is 2.36. The summed E-state index contributed by atoms with van der Waals surface area (Å²) in [6, 6.07) is 6.95. The van der Waals surface area contributed by atoms with Gasteiger partial charge in [-0.25, -0.2) is 4.39 Å². The van der Waals surface area contributed by atoms with Crippen molar-refractivity contribution in [1.29, 1.82) is 0 Å². The molecule has 2 nitrogen and oxygen atoms in total. The monoisotopic (exact) mass is 196 g/mol. The zero-order valence-corrected chi connectivity index (χ0v) is 8.70. The molecule has 0 saturated heterocycles. The molecular formula is C11H17FN2. The van der Waals surface area contributed by atoms with Crippen molar-refractivity contribution in [2.24, 2.45) is 5.73 Å². The lowest BCUT2D eigenvalue weighted by molar-refractivity contribution is 0.297. The molecule has 2 N–H and O–H groups in total. The Bertz CT molecular complexity index is 286. The van der Waals surface area contributed by atoms with Crippen molar-refractivity contribution in [3.05, 3.63) is 35.6 Å². The van der Waals surface area contributed by atoms with Gasteiger partial charge in [-0.1, -0.05) is 12.1 Å². The molecule has 1 unspecified atom stereocenters. The number of nitrogens with zero attached hydrogens (tertiary/aromatic N) is 1. The second-order valence-electron chi connectivity index (χ2n) is 3.69. The lowest BCUT2D eigenvalue weighted by atomic mass is 10.1. The van der Waals surface area contributed by atoms with Crippen LogP contribution in [0.3, 0.4) is 0 Å². The number of halogens is 1. The van der Waals surface area contributed by atoms with Crippen LogP contribution in [0.1, 0.15) is 5.56 Å². The molecule has 1 atom stereocenters. The number of nitrogens with two attached hydrogens (primary N) is 1. The van der Waals surface area contributed by atoms with Gasteiger partial charge in [-0.3, -0.25) is 0 Å². The highest BCUT2D eigenvalue weighted by molar-refractivity contribution is 5.17. The van der Waals surface area contributed by atoms with Gasteiger partial charge in [-0.05, 0) is 38.2 Å². The van der Waals surface area contributed by atoms with Crippen LogP contribution < -0.4 is 5.73 Å². The fraction of sp³-hybridized carbons (Fsp3) is 0.455. The van der Waals surface area contributed by atoms with Gasteiger partial charge in [0.2, 0.25) is 0 Å². The van der Waals surface area contributed by atoms with Crippen LogP contribution in [-0.4, -0.2) is 31.6 Å². The smallest absolute Gasteiger partial charge is 0.123 e. The van der Waals surface area contributed by atoms with E-state index in [2.05, 4.69) is 4.90 Å². The summed E-state index contributed by atoms with van der Waals surface area (Å²) in [6.45, 7) is 0.587. The lowest BCUT2D eigenvalue weighted by Crippen LogP contribution is -2.36. The van der Waals surface area contributed by atoms with E-state index >= 15 is 0 Å². The number of hydrogen-bond acceptors (Lipinski definition) is 2. The van der Waals surface area contributed by atoms with E-state index in [1.165, 1.54) is 6.07 Å². The molecule has 0 aliphatic carbocycles. The first-order chi connectivity index (χ1) is 6.63. The summed E-state index contributed by atoms with van der Waals surface area (Å²) in [6.07, 6.45) is 0.793. The maximum Gasteiger partial charge on any atom is 0.123 e. The summed E-state index contributed by atoms with van der Waals surface area (Å²) >= 11 is 0. The summed E-state index contributed by atoms with van der Waals surface area (Å²) < 4.78 is 12.9. The van der Waals surface area contributed by atoms with Crippen molar-refractivity contribution in [2.45, 2.75) is 12.5 Å². The molecule has 1 aromatic rings. The Labute approximate surface area is 84.5 Å². The summed E-state index contributed by atoms with van der Waals surface area (Å²) in [5, 5.41) is 0. The van der Waals surface area contributed by atoms with Gasteiger partial charge in [0.1, 0.15) is 5.82 Å². The molecule has 1 aromatic carbocycles. The second-order valence-corrected chi connectivity index (χ2v) is 3.69. The highest BCUT2D eigenvalue weighted by Crippen LogP contribution is 2.08. The second kappa shape index (κ2) is 5.08. The number of likely N-dealkylation sites (N-methyl/N-ethyl adjacent to an activating group) is 1. The van der Waals surface area contributed by atoms with Gasteiger partial charge in [0.05, 0.1) is 0 Å². The Morgan fingerprint density at radius 1 is 1.43 bits per heavy atom. The largest absolute Gasteiger partial charge is 0.329 e. The first-order valence-corrected chi connectivity index (χ1v) is 4.74. The molecular weight excluding hydrogens is 179 g/mol. The summed E-state index contributed by atoms with van der Waals surface area (Å²) in [4.78, 5) is 2.06. The molecule has 0 fully saturated rings. The van der Waals surface area contributed by atoms with Gasteiger partial charge >= 0.3 is 0 Å². The predicted octanol–water partition coefficient (Wildman–Crippen LogP) is 1.26. The molecule has 1 rings (SSSR count). The third-order valence-corrected chi connectivity index (χ3v) is 2.36. The number of rotatable bonds is 4. The van der Waals surface area contributed by atoms with Crippen LogP contribution in [0.4, 0.5) is 4.39 Å². The Kier molecular flexibility index (Phi) is 4.04. The molecule has 0 aliphatic rings. The molecule has 14 heavy (non-hydrogen) atoms. The quantitative estimate of drug-likeness (QED) is 0.785. The highest BCUT2D eigenvalue weighted by Gasteiger charge is 2.09. The fourth-order valence-corrected chi connectivity index (χ4v) is 1.41. The average Bonchev–Trinajstić information content (AvgIpc) is 2.14. The van der Waals surface area contributed by atoms with Crippen LogP contribution in [0.5, 0.6) is 0 Å². The van der Waals surface area contributed by atoms with E-state index in [0.717, 1.165) is 12.0 Å². The zero-order valence-electron chi connectivity index (χ0n) is 8.70. The van der Waals surface area contributed by atoms with Crippen LogP contribution in [0, 0.1) is 5.82 Å². The molecule has 0 bridgehead atoms. The Hall–Kier alpha value is -0.930. The highest BCUT2D eigenvalue weighted by atomic mass is 19.1. The van der Waals surface area contributed by atoms with Crippen molar-refractivity contribution in [3.8, 4) is 0 Å².